The van der Waals surface area contributed by atoms with E-state index in [-0.39, 0.29) is 6.42 Å². The van der Waals surface area contributed by atoms with E-state index in [4.69, 9.17) is 5.11 Å². The van der Waals surface area contributed by atoms with Gasteiger partial charge in [0.25, 0.3) is 0 Å². The van der Waals surface area contributed by atoms with Crippen molar-refractivity contribution in [1.29, 1.82) is 0 Å². The second kappa shape index (κ2) is 4.37. The standard InChI is InChI=1S/C9H8BrFO2/c10-7-4-2-1-3-6(7)5-8(11)9(12)13/h1-4,8H,5H2,(H,12,13)/t8-/m1/s1. The van der Waals surface area contributed by atoms with E-state index in [1.807, 2.05) is 0 Å². The quantitative estimate of drug-likeness (QED) is 0.890. The molecule has 0 fully saturated rings. The molecule has 2 nitrogen and oxygen atoms in total. The summed E-state index contributed by atoms with van der Waals surface area (Å²) in [5.74, 6) is -1.42. The number of alkyl halides is 1. The number of carbonyl (C=O) groups is 1. The Kier molecular flexibility index (Phi) is 3.42. The summed E-state index contributed by atoms with van der Waals surface area (Å²) in [5.41, 5.74) is 0.664. The Balaban J connectivity index is 2.74. The normalized spacial score (nSPS) is 12.5. The summed E-state index contributed by atoms with van der Waals surface area (Å²) in [4.78, 5) is 10.2. The number of halogens is 2. The van der Waals surface area contributed by atoms with Gasteiger partial charge in [-0.1, -0.05) is 34.1 Å². The largest absolute Gasteiger partial charge is 0.479 e. The van der Waals surface area contributed by atoms with Crippen molar-refractivity contribution in [3.05, 3.63) is 34.3 Å². The highest BCUT2D eigenvalue weighted by molar-refractivity contribution is 9.10. The molecule has 0 aliphatic heterocycles. The summed E-state index contributed by atoms with van der Waals surface area (Å²) in [6.45, 7) is 0. The third-order valence-electron chi connectivity index (χ3n) is 1.62. The van der Waals surface area contributed by atoms with Gasteiger partial charge in [-0.05, 0) is 11.6 Å². The van der Waals surface area contributed by atoms with Crippen LogP contribution >= 0.6 is 15.9 Å². The Morgan fingerprint density at radius 2 is 2.15 bits per heavy atom. The molecular weight excluding hydrogens is 239 g/mol. The van der Waals surface area contributed by atoms with E-state index in [0.717, 1.165) is 4.47 Å². The summed E-state index contributed by atoms with van der Waals surface area (Å²) in [5, 5.41) is 8.34. The first-order chi connectivity index (χ1) is 6.11. The SMILES string of the molecule is O=C(O)[C@H](F)Cc1ccccc1Br. The number of carboxylic acid groups (broad SMARTS) is 1. The van der Waals surface area contributed by atoms with Gasteiger partial charge < -0.3 is 5.11 Å². The number of rotatable bonds is 3. The van der Waals surface area contributed by atoms with Crippen molar-refractivity contribution >= 4 is 21.9 Å². The van der Waals surface area contributed by atoms with Gasteiger partial charge in [0.15, 0.2) is 0 Å². The zero-order valence-electron chi connectivity index (χ0n) is 6.71. The summed E-state index contributed by atoms with van der Waals surface area (Å²) >= 11 is 3.21. The molecular formula is C9H8BrFO2. The fourth-order valence-corrected chi connectivity index (χ4v) is 1.39. The topological polar surface area (TPSA) is 37.3 Å². The third kappa shape index (κ3) is 2.81. The van der Waals surface area contributed by atoms with Gasteiger partial charge in [-0.15, -0.1) is 0 Å². The van der Waals surface area contributed by atoms with Crippen molar-refractivity contribution in [2.24, 2.45) is 0 Å². The highest BCUT2D eigenvalue weighted by atomic mass is 79.9. The fourth-order valence-electron chi connectivity index (χ4n) is 0.944. The van der Waals surface area contributed by atoms with E-state index >= 15 is 0 Å². The highest BCUT2D eigenvalue weighted by Crippen LogP contribution is 2.18. The molecule has 1 N–H and O–H groups in total. The molecule has 0 radical (unpaired) electrons. The van der Waals surface area contributed by atoms with Crippen LogP contribution in [0.1, 0.15) is 5.56 Å². The molecule has 0 unspecified atom stereocenters. The van der Waals surface area contributed by atoms with Gasteiger partial charge in [-0.25, -0.2) is 9.18 Å². The molecule has 0 bridgehead atoms. The molecule has 13 heavy (non-hydrogen) atoms. The molecule has 0 spiro atoms. The minimum atomic E-state index is -1.83. The molecule has 4 heteroatoms. The highest BCUT2D eigenvalue weighted by Gasteiger charge is 2.16. The predicted octanol–water partition coefficient (Wildman–Crippen LogP) is 2.41. The van der Waals surface area contributed by atoms with Crippen molar-refractivity contribution < 1.29 is 14.3 Å². The van der Waals surface area contributed by atoms with Crippen molar-refractivity contribution in [3.63, 3.8) is 0 Å². The van der Waals surface area contributed by atoms with Crippen molar-refractivity contribution in [1.82, 2.24) is 0 Å². The molecule has 0 saturated carbocycles. The van der Waals surface area contributed by atoms with Crippen LogP contribution in [0.25, 0.3) is 0 Å². The minimum absolute atomic E-state index is 0.100. The molecule has 0 heterocycles. The van der Waals surface area contributed by atoms with Crippen molar-refractivity contribution in [2.45, 2.75) is 12.6 Å². The van der Waals surface area contributed by atoms with E-state index < -0.39 is 12.1 Å². The number of aliphatic carboxylic acids is 1. The molecule has 0 saturated heterocycles. The lowest BCUT2D eigenvalue weighted by atomic mass is 10.1. The summed E-state index contributed by atoms with van der Waals surface area (Å²) in [6, 6.07) is 6.99. The van der Waals surface area contributed by atoms with Crippen LogP contribution in [-0.4, -0.2) is 17.2 Å². The zero-order valence-corrected chi connectivity index (χ0v) is 8.29. The lowest BCUT2D eigenvalue weighted by Crippen LogP contribution is -2.17. The molecule has 70 valence electrons. The summed E-state index contributed by atoms with van der Waals surface area (Å²) in [7, 11) is 0. The smallest absolute Gasteiger partial charge is 0.338 e. The molecule has 1 aromatic carbocycles. The fraction of sp³-hybridized carbons (Fsp3) is 0.222. The average molecular weight is 247 g/mol. The molecule has 0 amide bonds. The first-order valence-electron chi connectivity index (χ1n) is 3.71. The summed E-state index contributed by atoms with van der Waals surface area (Å²) in [6.07, 6.45) is -1.93. The van der Waals surface area contributed by atoms with Crippen LogP contribution in [0.5, 0.6) is 0 Å². The number of hydrogen-bond donors (Lipinski definition) is 1. The van der Waals surface area contributed by atoms with Gasteiger partial charge in [0.05, 0.1) is 0 Å². The van der Waals surface area contributed by atoms with Crippen LogP contribution < -0.4 is 0 Å². The number of benzene rings is 1. The lowest BCUT2D eigenvalue weighted by Gasteiger charge is -2.04. The van der Waals surface area contributed by atoms with Crippen LogP contribution in [0.4, 0.5) is 4.39 Å². The van der Waals surface area contributed by atoms with Gasteiger partial charge in [0.1, 0.15) is 0 Å². The molecule has 1 aromatic rings. The van der Waals surface area contributed by atoms with E-state index in [1.165, 1.54) is 0 Å². The van der Waals surface area contributed by atoms with E-state index in [9.17, 15) is 9.18 Å². The monoisotopic (exact) mass is 246 g/mol. The third-order valence-corrected chi connectivity index (χ3v) is 2.40. The minimum Gasteiger partial charge on any atom is -0.479 e. The van der Waals surface area contributed by atoms with Gasteiger partial charge in [0.2, 0.25) is 6.17 Å². The van der Waals surface area contributed by atoms with Crippen molar-refractivity contribution in [3.8, 4) is 0 Å². The Morgan fingerprint density at radius 1 is 1.54 bits per heavy atom. The number of hydrogen-bond acceptors (Lipinski definition) is 1. The van der Waals surface area contributed by atoms with Crippen molar-refractivity contribution in [2.75, 3.05) is 0 Å². The molecule has 1 rings (SSSR count). The predicted molar refractivity (Wildman–Crippen MR) is 50.4 cm³/mol. The molecule has 1 atom stereocenters. The van der Waals surface area contributed by atoms with Gasteiger partial charge in [-0.3, -0.25) is 0 Å². The first kappa shape index (κ1) is 10.2. The average Bonchev–Trinajstić information content (AvgIpc) is 2.08. The molecule has 0 aliphatic rings. The van der Waals surface area contributed by atoms with Crippen LogP contribution in [0.15, 0.2) is 28.7 Å². The first-order valence-corrected chi connectivity index (χ1v) is 4.51. The Bertz CT molecular complexity index is 314. The number of carboxylic acids is 1. The van der Waals surface area contributed by atoms with Crippen LogP contribution in [-0.2, 0) is 11.2 Å². The lowest BCUT2D eigenvalue weighted by molar-refractivity contribution is -0.142. The molecule has 0 aliphatic carbocycles. The molecule has 0 aromatic heterocycles. The Labute approximate surface area is 83.5 Å². The Morgan fingerprint density at radius 3 is 2.69 bits per heavy atom. The maximum atomic E-state index is 12.8. The second-order valence-corrected chi connectivity index (χ2v) is 3.46. The van der Waals surface area contributed by atoms with E-state index in [1.54, 1.807) is 24.3 Å². The maximum Gasteiger partial charge on any atom is 0.338 e. The summed E-state index contributed by atoms with van der Waals surface area (Å²) < 4.78 is 13.5. The van der Waals surface area contributed by atoms with Gasteiger partial charge in [-0.2, -0.15) is 0 Å². The van der Waals surface area contributed by atoms with Crippen LogP contribution in [0.2, 0.25) is 0 Å². The van der Waals surface area contributed by atoms with E-state index in [2.05, 4.69) is 15.9 Å². The van der Waals surface area contributed by atoms with Gasteiger partial charge in [0, 0.05) is 10.9 Å². The van der Waals surface area contributed by atoms with E-state index in [0.29, 0.717) is 5.56 Å². The maximum absolute atomic E-state index is 12.8. The second-order valence-electron chi connectivity index (χ2n) is 2.60. The zero-order chi connectivity index (χ0) is 9.84. The van der Waals surface area contributed by atoms with Crippen LogP contribution in [0.3, 0.4) is 0 Å². The van der Waals surface area contributed by atoms with Crippen LogP contribution in [0, 0.1) is 0 Å². The Hall–Kier alpha value is -0.900. The van der Waals surface area contributed by atoms with Gasteiger partial charge >= 0.3 is 5.97 Å².